The van der Waals surface area contributed by atoms with Crippen molar-refractivity contribution in [3.63, 3.8) is 0 Å². The van der Waals surface area contributed by atoms with Crippen LogP contribution < -0.4 is 10.8 Å². The smallest absolute Gasteiger partial charge is 0.280 e. The van der Waals surface area contributed by atoms with E-state index >= 15 is 0 Å². The highest BCUT2D eigenvalue weighted by atomic mass is 19.1. The molecule has 2 aromatic heterocycles. The van der Waals surface area contributed by atoms with Crippen molar-refractivity contribution in [3.8, 4) is 11.3 Å². The molecule has 0 aliphatic carbocycles. The average Bonchev–Trinajstić information content (AvgIpc) is 2.86. The first-order valence-corrected chi connectivity index (χ1v) is 11.2. The van der Waals surface area contributed by atoms with E-state index < -0.39 is 28.7 Å². The molecule has 0 atom stereocenters. The van der Waals surface area contributed by atoms with Crippen molar-refractivity contribution in [1.29, 1.82) is 5.53 Å². The first kappa shape index (κ1) is 25.7. The highest BCUT2D eigenvalue weighted by Gasteiger charge is 2.21. The summed E-state index contributed by atoms with van der Waals surface area (Å²) in [5.74, 6) is -3.11. The number of fused-ring (bicyclic) bond motifs is 1. The van der Waals surface area contributed by atoms with E-state index in [4.69, 9.17) is 10.4 Å². The highest BCUT2D eigenvalue weighted by molar-refractivity contribution is 5.94. The zero-order valence-electron chi connectivity index (χ0n) is 20.0. The summed E-state index contributed by atoms with van der Waals surface area (Å²) >= 11 is 0. The Bertz CT molecular complexity index is 1450. The van der Waals surface area contributed by atoms with Crippen LogP contribution in [-0.4, -0.2) is 33.2 Å². The molecule has 0 aliphatic rings. The van der Waals surface area contributed by atoms with Gasteiger partial charge >= 0.3 is 0 Å². The quantitative estimate of drug-likeness (QED) is 0.180. The number of benzene rings is 2. The van der Waals surface area contributed by atoms with Gasteiger partial charge in [0.15, 0.2) is 5.82 Å². The standard InChI is InChI=1S/C26H24F2N6O3/c1-26(2,36)14-37-34-25(35)23-18(27)11-17(12-19(23)28)21-7-8-22(33-29)24(32-21)31-13-15-5-6-20-16(10-15)4-3-9-30-20/h3-12,29,36H,13-14H2,1-2H3,(H,31,32)(H,34,35). The molecular formula is C26H24F2N6O3. The summed E-state index contributed by atoms with van der Waals surface area (Å²) in [5, 5.41) is 17.2. The fourth-order valence-electron chi connectivity index (χ4n) is 3.52. The number of nitrogens with one attached hydrogen (secondary N) is 3. The molecular weight excluding hydrogens is 482 g/mol. The molecule has 4 aromatic rings. The average molecular weight is 507 g/mol. The second kappa shape index (κ2) is 10.7. The maximum Gasteiger partial charge on any atom is 0.280 e. The summed E-state index contributed by atoms with van der Waals surface area (Å²) in [6, 6.07) is 14.5. The number of amides is 1. The molecule has 0 radical (unpaired) electrons. The molecule has 9 nitrogen and oxygen atoms in total. The first-order valence-electron chi connectivity index (χ1n) is 11.2. The summed E-state index contributed by atoms with van der Waals surface area (Å²) in [7, 11) is 0. The molecule has 1 amide bonds. The summed E-state index contributed by atoms with van der Waals surface area (Å²) in [6.45, 7) is 2.98. The minimum Gasteiger partial charge on any atom is -0.388 e. The summed E-state index contributed by atoms with van der Waals surface area (Å²) < 4.78 is 29.5. The van der Waals surface area contributed by atoms with Crippen LogP contribution >= 0.6 is 0 Å². The van der Waals surface area contributed by atoms with Gasteiger partial charge in [0.05, 0.1) is 16.8 Å². The second-order valence-electron chi connectivity index (χ2n) is 8.91. The van der Waals surface area contributed by atoms with Crippen LogP contribution in [0.2, 0.25) is 0 Å². The molecule has 190 valence electrons. The molecule has 2 heterocycles. The van der Waals surface area contributed by atoms with Crippen molar-refractivity contribution >= 4 is 28.3 Å². The van der Waals surface area contributed by atoms with Crippen LogP contribution in [0.3, 0.4) is 0 Å². The molecule has 0 spiro atoms. The molecule has 37 heavy (non-hydrogen) atoms. The van der Waals surface area contributed by atoms with Crippen molar-refractivity contribution in [2.24, 2.45) is 5.11 Å². The van der Waals surface area contributed by atoms with Gasteiger partial charge < -0.3 is 10.4 Å². The molecule has 0 fully saturated rings. The van der Waals surface area contributed by atoms with Crippen LogP contribution in [0, 0.1) is 17.2 Å². The fraction of sp³-hybridized carbons (Fsp3) is 0.192. The van der Waals surface area contributed by atoms with Gasteiger partial charge in [-0.15, -0.1) is 0 Å². The van der Waals surface area contributed by atoms with E-state index in [2.05, 4.69) is 20.4 Å². The summed E-state index contributed by atoms with van der Waals surface area (Å²) in [4.78, 5) is 25.7. The van der Waals surface area contributed by atoms with Crippen LogP contribution in [0.25, 0.3) is 22.2 Å². The summed E-state index contributed by atoms with van der Waals surface area (Å²) in [5.41, 5.74) is 9.61. The van der Waals surface area contributed by atoms with Gasteiger partial charge in [-0.1, -0.05) is 12.1 Å². The Labute approximate surface area is 211 Å². The molecule has 0 saturated carbocycles. The number of hydroxylamine groups is 1. The van der Waals surface area contributed by atoms with Gasteiger partial charge in [0.25, 0.3) is 5.91 Å². The predicted molar refractivity (Wildman–Crippen MR) is 133 cm³/mol. The number of pyridine rings is 2. The maximum atomic E-state index is 14.7. The minimum atomic E-state index is -1.24. The number of halogens is 2. The zero-order valence-corrected chi connectivity index (χ0v) is 20.0. The predicted octanol–water partition coefficient (Wildman–Crippen LogP) is 5.28. The number of aromatic nitrogens is 2. The lowest BCUT2D eigenvalue weighted by Crippen LogP contribution is -2.34. The van der Waals surface area contributed by atoms with Crippen molar-refractivity contribution in [2.75, 3.05) is 11.9 Å². The second-order valence-corrected chi connectivity index (χ2v) is 8.91. The third-order valence-corrected chi connectivity index (χ3v) is 5.28. The number of aliphatic hydroxyl groups is 1. The monoisotopic (exact) mass is 506 g/mol. The fourth-order valence-corrected chi connectivity index (χ4v) is 3.52. The lowest BCUT2D eigenvalue weighted by atomic mass is 10.1. The van der Waals surface area contributed by atoms with E-state index in [-0.39, 0.29) is 29.4 Å². The Morgan fingerprint density at radius 2 is 1.89 bits per heavy atom. The third-order valence-electron chi connectivity index (χ3n) is 5.28. The van der Waals surface area contributed by atoms with E-state index in [1.165, 1.54) is 26.0 Å². The number of hydrogen-bond acceptors (Lipinski definition) is 8. The van der Waals surface area contributed by atoms with Gasteiger partial charge in [0, 0.05) is 23.7 Å². The SMILES string of the molecule is CC(C)(O)CONC(=O)c1c(F)cc(-c2ccc(N=N)c(NCc3ccc4ncccc4c3)n2)cc1F. The van der Waals surface area contributed by atoms with E-state index in [0.717, 1.165) is 28.6 Å². The first-order chi connectivity index (χ1) is 17.6. The largest absolute Gasteiger partial charge is 0.388 e. The number of nitrogens with zero attached hydrogens (tertiary/aromatic N) is 3. The number of hydrogen-bond donors (Lipinski definition) is 4. The van der Waals surface area contributed by atoms with Crippen molar-refractivity contribution in [3.05, 3.63) is 83.6 Å². The molecule has 4 rings (SSSR count). The summed E-state index contributed by atoms with van der Waals surface area (Å²) in [6.07, 6.45) is 1.72. The van der Waals surface area contributed by atoms with Gasteiger partial charge in [0.2, 0.25) is 0 Å². The van der Waals surface area contributed by atoms with E-state index in [1.807, 2.05) is 35.8 Å². The Balaban J connectivity index is 1.55. The molecule has 11 heteroatoms. The lowest BCUT2D eigenvalue weighted by molar-refractivity contribution is -0.0524. The Morgan fingerprint density at radius 3 is 2.59 bits per heavy atom. The number of carbonyl (C=O) groups excluding carboxylic acids is 1. The lowest BCUT2D eigenvalue weighted by Gasteiger charge is -2.17. The third kappa shape index (κ3) is 6.26. The normalized spacial score (nSPS) is 11.4. The topological polar surface area (TPSA) is 133 Å². The molecule has 0 aliphatic heterocycles. The Morgan fingerprint density at radius 1 is 1.14 bits per heavy atom. The van der Waals surface area contributed by atoms with Gasteiger partial charge in [-0.25, -0.2) is 24.8 Å². The van der Waals surface area contributed by atoms with Crippen LogP contribution in [0.15, 0.2) is 65.9 Å². The molecule has 0 bridgehead atoms. The van der Waals surface area contributed by atoms with Crippen LogP contribution in [0.5, 0.6) is 0 Å². The molecule has 4 N–H and O–H groups in total. The van der Waals surface area contributed by atoms with Crippen molar-refractivity contribution in [2.45, 2.75) is 26.0 Å². The van der Waals surface area contributed by atoms with Crippen LogP contribution in [0.4, 0.5) is 20.3 Å². The van der Waals surface area contributed by atoms with E-state index in [1.54, 1.807) is 6.20 Å². The Hall–Kier alpha value is -4.35. The number of carbonyl (C=O) groups is 1. The maximum absolute atomic E-state index is 14.7. The minimum absolute atomic E-state index is 0.0836. The zero-order chi connectivity index (χ0) is 26.6. The van der Waals surface area contributed by atoms with Crippen LogP contribution in [-0.2, 0) is 11.4 Å². The van der Waals surface area contributed by atoms with E-state index in [0.29, 0.717) is 6.54 Å². The van der Waals surface area contributed by atoms with Crippen LogP contribution in [0.1, 0.15) is 29.8 Å². The number of anilines is 1. The van der Waals surface area contributed by atoms with Gasteiger partial charge in [-0.2, -0.15) is 5.11 Å². The number of rotatable bonds is 9. The molecule has 0 unspecified atom stereocenters. The van der Waals surface area contributed by atoms with Gasteiger partial charge in [-0.05, 0) is 61.9 Å². The highest BCUT2D eigenvalue weighted by Crippen LogP contribution is 2.30. The molecule has 0 saturated heterocycles. The van der Waals surface area contributed by atoms with Crippen molar-refractivity contribution in [1.82, 2.24) is 15.4 Å². The Kier molecular flexibility index (Phi) is 7.46. The molecule has 2 aromatic carbocycles. The van der Waals surface area contributed by atoms with Gasteiger partial charge in [0.1, 0.15) is 29.5 Å². The van der Waals surface area contributed by atoms with E-state index in [9.17, 15) is 18.7 Å². The van der Waals surface area contributed by atoms with Gasteiger partial charge in [-0.3, -0.25) is 14.6 Å². The van der Waals surface area contributed by atoms with Crippen molar-refractivity contribution < 1.29 is 23.5 Å².